The van der Waals surface area contributed by atoms with Crippen molar-refractivity contribution in [2.75, 3.05) is 16.5 Å². The second-order valence-corrected chi connectivity index (χ2v) is 8.82. The van der Waals surface area contributed by atoms with Crippen LogP contribution in [0.1, 0.15) is 24.8 Å². The van der Waals surface area contributed by atoms with Crippen LogP contribution < -0.4 is 9.80 Å². The number of thioether (sulfide) groups is 1. The third-order valence-electron chi connectivity index (χ3n) is 5.99. The van der Waals surface area contributed by atoms with Gasteiger partial charge in [-0.1, -0.05) is 66.4 Å². The highest BCUT2D eigenvalue weighted by atomic mass is 32.2. The SMILES string of the molecule is C1=CCC2=Cc3ccccc3N(CN3C4=C(C=CCC4)Sc4ccccc43)C2=C1. The summed E-state index contributed by atoms with van der Waals surface area (Å²) in [6.45, 7) is 0.832. The zero-order chi connectivity index (χ0) is 19.2. The normalized spacial score (nSPS) is 19.2. The van der Waals surface area contributed by atoms with Crippen molar-refractivity contribution in [1.29, 1.82) is 0 Å². The molecule has 2 heterocycles. The van der Waals surface area contributed by atoms with E-state index in [2.05, 4.69) is 94.8 Å². The second-order valence-electron chi connectivity index (χ2n) is 7.73. The summed E-state index contributed by atoms with van der Waals surface area (Å²) in [5.74, 6) is 0. The number of para-hydroxylation sites is 2. The Hall–Kier alpha value is -2.91. The lowest BCUT2D eigenvalue weighted by Gasteiger charge is -2.42. The maximum Gasteiger partial charge on any atom is 0.0997 e. The Labute approximate surface area is 176 Å². The van der Waals surface area contributed by atoms with Gasteiger partial charge in [0.1, 0.15) is 0 Å². The van der Waals surface area contributed by atoms with Gasteiger partial charge in [-0.2, -0.15) is 0 Å². The Kier molecular flexibility index (Phi) is 4.02. The molecule has 6 rings (SSSR count). The van der Waals surface area contributed by atoms with Crippen molar-refractivity contribution in [2.45, 2.75) is 24.2 Å². The van der Waals surface area contributed by atoms with Gasteiger partial charge in [-0.25, -0.2) is 0 Å². The minimum Gasteiger partial charge on any atom is -0.324 e. The maximum absolute atomic E-state index is 2.55. The Morgan fingerprint density at radius 1 is 0.897 bits per heavy atom. The number of allylic oxidation sites excluding steroid dienone is 7. The summed E-state index contributed by atoms with van der Waals surface area (Å²) in [5.41, 5.74) is 8.12. The second kappa shape index (κ2) is 6.85. The molecule has 2 aliphatic carbocycles. The molecule has 2 aliphatic heterocycles. The molecule has 2 aromatic carbocycles. The average Bonchev–Trinajstić information content (AvgIpc) is 2.78. The summed E-state index contributed by atoms with van der Waals surface area (Å²) in [5, 5.41) is 0. The first kappa shape index (κ1) is 17.0. The van der Waals surface area contributed by atoms with Crippen molar-refractivity contribution in [3.8, 4) is 0 Å². The van der Waals surface area contributed by atoms with Crippen LogP contribution in [0.25, 0.3) is 6.08 Å². The first-order valence-electron chi connectivity index (χ1n) is 10.3. The van der Waals surface area contributed by atoms with E-state index in [-0.39, 0.29) is 0 Å². The standard InChI is InChI=1S/C26H22N2S/c1-3-11-21-19(9-1)17-20-10-2-4-12-22(20)27(21)18-28-23-13-5-7-15-25(23)29-26-16-8-6-14-24(26)28/h1-5,7-9,11-13,15-17H,6,10,14,18H2. The van der Waals surface area contributed by atoms with E-state index in [1.165, 1.54) is 43.7 Å². The molecule has 0 unspecified atom stereocenters. The van der Waals surface area contributed by atoms with E-state index in [9.17, 15) is 0 Å². The van der Waals surface area contributed by atoms with Crippen molar-refractivity contribution in [1.82, 2.24) is 0 Å². The van der Waals surface area contributed by atoms with E-state index >= 15 is 0 Å². The number of benzene rings is 2. The predicted molar refractivity (Wildman–Crippen MR) is 124 cm³/mol. The minimum atomic E-state index is 0.832. The van der Waals surface area contributed by atoms with Crippen molar-refractivity contribution in [3.63, 3.8) is 0 Å². The maximum atomic E-state index is 2.55. The summed E-state index contributed by atoms with van der Waals surface area (Å²) in [4.78, 5) is 7.79. The molecule has 29 heavy (non-hydrogen) atoms. The van der Waals surface area contributed by atoms with Gasteiger partial charge in [-0.15, -0.1) is 0 Å². The van der Waals surface area contributed by atoms with Gasteiger partial charge in [0, 0.05) is 21.2 Å². The van der Waals surface area contributed by atoms with Gasteiger partial charge in [0.15, 0.2) is 0 Å². The molecule has 0 amide bonds. The van der Waals surface area contributed by atoms with Crippen LogP contribution in [-0.2, 0) is 0 Å². The van der Waals surface area contributed by atoms with Gasteiger partial charge in [-0.3, -0.25) is 0 Å². The smallest absolute Gasteiger partial charge is 0.0997 e. The largest absolute Gasteiger partial charge is 0.324 e. The number of fused-ring (bicyclic) bond motifs is 3. The number of hydrogen-bond acceptors (Lipinski definition) is 3. The molecule has 3 heteroatoms. The quantitative estimate of drug-likeness (QED) is 0.549. The molecular formula is C26H22N2S. The number of nitrogens with zero attached hydrogens (tertiary/aromatic N) is 2. The molecule has 2 nitrogen and oxygen atoms in total. The van der Waals surface area contributed by atoms with Crippen LogP contribution in [-0.4, -0.2) is 6.67 Å². The van der Waals surface area contributed by atoms with E-state index in [0.717, 1.165) is 25.9 Å². The molecule has 0 spiro atoms. The van der Waals surface area contributed by atoms with Crippen LogP contribution in [0.2, 0.25) is 0 Å². The molecule has 0 saturated heterocycles. The monoisotopic (exact) mass is 394 g/mol. The first-order chi connectivity index (χ1) is 14.4. The van der Waals surface area contributed by atoms with Gasteiger partial charge < -0.3 is 9.80 Å². The molecule has 0 atom stereocenters. The summed E-state index contributed by atoms with van der Waals surface area (Å²) in [6.07, 6.45) is 16.9. The zero-order valence-electron chi connectivity index (χ0n) is 16.2. The molecule has 0 saturated carbocycles. The highest BCUT2D eigenvalue weighted by molar-refractivity contribution is 8.03. The number of anilines is 2. The predicted octanol–water partition coefficient (Wildman–Crippen LogP) is 6.87. The fourth-order valence-corrected chi connectivity index (χ4v) is 5.77. The number of hydrogen-bond donors (Lipinski definition) is 0. The zero-order valence-corrected chi connectivity index (χ0v) is 17.0. The molecule has 0 fully saturated rings. The highest BCUT2D eigenvalue weighted by Crippen LogP contribution is 2.47. The van der Waals surface area contributed by atoms with Crippen LogP contribution in [0.5, 0.6) is 0 Å². The average molecular weight is 395 g/mol. The van der Waals surface area contributed by atoms with E-state index in [1.54, 1.807) is 0 Å². The van der Waals surface area contributed by atoms with E-state index < -0.39 is 0 Å². The van der Waals surface area contributed by atoms with Crippen molar-refractivity contribution in [3.05, 3.63) is 106 Å². The van der Waals surface area contributed by atoms with Gasteiger partial charge in [-0.05, 0) is 60.8 Å². The molecule has 2 aromatic rings. The lowest BCUT2D eigenvalue weighted by molar-refractivity contribution is 0.782. The van der Waals surface area contributed by atoms with E-state index in [4.69, 9.17) is 0 Å². The summed E-state index contributed by atoms with van der Waals surface area (Å²) < 4.78 is 0. The Balaban J connectivity index is 1.48. The Bertz CT molecular complexity index is 1150. The Morgan fingerprint density at radius 3 is 2.72 bits per heavy atom. The molecule has 0 aromatic heterocycles. The fraction of sp³-hybridized carbons (Fsp3) is 0.154. The summed E-state index contributed by atoms with van der Waals surface area (Å²) >= 11 is 1.91. The van der Waals surface area contributed by atoms with Crippen LogP contribution >= 0.6 is 11.8 Å². The van der Waals surface area contributed by atoms with Gasteiger partial charge in [0.05, 0.1) is 18.0 Å². The third-order valence-corrected chi connectivity index (χ3v) is 7.15. The minimum absolute atomic E-state index is 0.832. The van der Waals surface area contributed by atoms with Gasteiger partial charge in [0.25, 0.3) is 0 Å². The lowest BCUT2D eigenvalue weighted by Crippen LogP contribution is -2.40. The van der Waals surface area contributed by atoms with Gasteiger partial charge >= 0.3 is 0 Å². The Morgan fingerprint density at radius 2 is 1.76 bits per heavy atom. The molecule has 142 valence electrons. The van der Waals surface area contributed by atoms with Crippen LogP contribution in [0, 0.1) is 0 Å². The molecule has 4 aliphatic rings. The highest BCUT2D eigenvalue weighted by Gasteiger charge is 2.30. The van der Waals surface area contributed by atoms with E-state index in [0.29, 0.717) is 0 Å². The molecule has 0 bridgehead atoms. The van der Waals surface area contributed by atoms with E-state index in [1.807, 2.05) is 11.8 Å². The fourth-order valence-electron chi connectivity index (χ4n) is 4.61. The van der Waals surface area contributed by atoms with Gasteiger partial charge in [0.2, 0.25) is 0 Å². The lowest BCUT2D eigenvalue weighted by atomic mass is 9.94. The first-order valence-corrected chi connectivity index (χ1v) is 11.1. The topological polar surface area (TPSA) is 6.48 Å². The summed E-state index contributed by atoms with van der Waals surface area (Å²) in [7, 11) is 0. The van der Waals surface area contributed by atoms with Crippen LogP contribution in [0.3, 0.4) is 0 Å². The van der Waals surface area contributed by atoms with Crippen molar-refractivity contribution in [2.24, 2.45) is 0 Å². The van der Waals surface area contributed by atoms with Crippen LogP contribution in [0.15, 0.2) is 106 Å². The molecule has 0 radical (unpaired) electrons. The molecular weight excluding hydrogens is 372 g/mol. The number of rotatable bonds is 2. The van der Waals surface area contributed by atoms with Crippen molar-refractivity contribution < 1.29 is 0 Å². The van der Waals surface area contributed by atoms with Crippen LogP contribution in [0.4, 0.5) is 11.4 Å². The molecule has 0 N–H and O–H groups in total. The summed E-state index contributed by atoms with van der Waals surface area (Å²) in [6, 6.07) is 17.6. The van der Waals surface area contributed by atoms with Crippen molar-refractivity contribution >= 4 is 29.2 Å². The third kappa shape index (κ3) is 2.80.